The van der Waals surface area contributed by atoms with Crippen LogP contribution in [0.15, 0.2) is 24.3 Å². The van der Waals surface area contributed by atoms with Crippen molar-refractivity contribution in [3.63, 3.8) is 0 Å². The van der Waals surface area contributed by atoms with Crippen molar-refractivity contribution in [1.82, 2.24) is 5.32 Å². The van der Waals surface area contributed by atoms with E-state index in [1.807, 2.05) is 12.1 Å². The van der Waals surface area contributed by atoms with Gasteiger partial charge in [-0.25, -0.2) is 4.39 Å². The first-order valence-corrected chi connectivity index (χ1v) is 7.69. The van der Waals surface area contributed by atoms with E-state index in [9.17, 15) is 4.39 Å². The fourth-order valence-electron chi connectivity index (χ4n) is 2.87. The summed E-state index contributed by atoms with van der Waals surface area (Å²) < 4.78 is 13.3. The highest BCUT2D eigenvalue weighted by molar-refractivity contribution is 5.17. The number of benzene rings is 1. The highest BCUT2D eigenvalue weighted by Gasteiger charge is 2.19. The van der Waals surface area contributed by atoms with Crippen molar-refractivity contribution in [2.24, 2.45) is 5.92 Å². The molecule has 0 bridgehead atoms. The highest BCUT2D eigenvalue weighted by atomic mass is 19.1. The van der Waals surface area contributed by atoms with E-state index >= 15 is 0 Å². The average molecular weight is 265 g/mol. The average Bonchev–Trinajstić information content (AvgIpc) is 2.38. The molecule has 108 valence electrons. The van der Waals surface area contributed by atoms with Gasteiger partial charge in [-0.15, -0.1) is 0 Å². The molecule has 0 spiro atoms. The summed E-state index contributed by atoms with van der Waals surface area (Å²) >= 11 is 0. The van der Waals surface area contributed by atoms with Gasteiger partial charge in [0.25, 0.3) is 0 Å². The van der Waals surface area contributed by atoms with Crippen LogP contribution in [0, 0.1) is 11.7 Å². The second-order valence-electron chi connectivity index (χ2n) is 5.34. The molecule has 1 nitrogen and oxygen atoms in total. The van der Waals surface area contributed by atoms with Crippen LogP contribution in [0.4, 0.5) is 4.39 Å². The quantitative estimate of drug-likeness (QED) is 0.690. The molecule has 0 fully saturated rings. The minimum Gasteiger partial charge on any atom is -0.314 e. The summed E-state index contributed by atoms with van der Waals surface area (Å²) in [5, 5.41) is 3.60. The minimum atomic E-state index is -0.129. The van der Waals surface area contributed by atoms with Gasteiger partial charge in [0.1, 0.15) is 5.82 Å². The Morgan fingerprint density at radius 2 is 1.79 bits per heavy atom. The van der Waals surface area contributed by atoms with Crippen molar-refractivity contribution < 1.29 is 4.39 Å². The Morgan fingerprint density at radius 3 is 2.32 bits per heavy atom. The molecule has 1 aromatic carbocycles. The molecular formula is C17H28FN. The van der Waals surface area contributed by atoms with Gasteiger partial charge in [0, 0.05) is 6.04 Å². The maximum atomic E-state index is 13.3. The molecule has 0 amide bonds. The molecule has 1 atom stereocenters. The first-order valence-electron chi connectivity index (χ1n) is 7.69. The summed E-state index contributed by atoms with van der Waals surface area (Å²) in [7, 11) is 0. The molecule has 0 aliphatic rings. The fourth-order valence-corrected chi connectivity index (χ4v) is 2.87. The molecule has 2 heteroatoms. The molecule has 0 heterocycles. The predicted octanol–water partition coefficient (Wildman–Crippen LogP) is 4.56. The van der Waals surface area contributed by atoms with Gasteiger partial charge in [-0.2, -0.15) is 0 Å². The third-order valence-corrected chi connectivity index (χ3v) is 3.70. The molecule has 1 N–H and O–H groups in total. The van der Waals surface area contributed by atoms with Crippen LogP contribution in [0.3, 0.4) is 0 Å². The number of hydrogen-bond donors (Lipinski definition) is 1. The zero-order valence-electron chi connectivity index (χ0n) is 12.6. The van der Waals surface area contributed by atoms with Crippen molar-refractivity contribution in [3.8, 4) is 0 Å². The Balaban J connectivity index is 2.74. The van der Waals surface area contributed by atoms with Crippen LogP contribution >= 0.6 is 0 Å². The van der Waals surface area contributed by atoms with E-state index < -0.39 is 0 Å². The van der Waals surface area contributed by atoms with Gasteiger partial charge in [-0.3, -0.25) is 0 Å². The molecule has 0 aliphatic carbocycles. The van der Waals surface area contributed by atoms with Gasteiger partial charge < -0.3 is 5.32 Å². The second-order valence-corrected chi connectivity index (χ2v) is 5.34. The van der Waals surface area contributed by atoms with Gasteiger partial charge in [-0.1, -0.05) is 45.7 Å². The maximum Gasteiger partial charge on any atom is 0.123 e. The lowest BCUT2D eigenvalue weighted by atomic mass is 9.86. The van der Waals surface area contributed by atoms with Crippen LogP contribution in [0.5, 0.6) is 0 Å². The number of rotatable bonds is 9. The van der Waals surface area contributed by atoms with E-state index in [1.165, 1.54) is 31.7 Å². The first-order chi connectivity index (χ1) is 9.21. The molecule has 19 heavy (non-hydrogen) atoms. The van der Waals surface area contributed by atoms with Crippen molar-refractivity contribution in [2.75, 3.05) is 6.54 Å². The SMILES string of the molecule is CCCC(CCC)C(Cc1cccc(F)c1)NCC. The summed E-state index contributed by atoms with van der Waals surface area (Å²) in [6, 6.07) is 7.48. The lowest BCUT2D eigenvalue weighted by Gasteiger charge is -2.28. The summed E-state index contributed by atoms with van der Waals surface area (Å²) in [6.07, 6.45) is 5.86. The zero-order chi connectivity index (χ0) is 14.1. The molecule has 1 rings (SSSR count). The Labute approximate surface area is 117 Å². The Kier molecular flexibility index (Phi) is 7.73. The standard InChI is InChI=1S/C17H28FN/c1-4-8-15(9-5-2)17(19-6-3)13-14-10-7-11-16(18)12-14/h7,10-12,15,17,19H,4-6,8-9,13H2,1-3H3. The predicted molar refractivity (Wildman–Crippen MR) is 80.9 cm³/mol. The number of likely N-dealkylation sites (N-methyl/N-ethyl adjacent to an activating group) is 1. The smallest absolute Gasteiger partial charge is 0.123 e. The van der Waals surface area contributed by atoms with E-state index in [-0.39, 0.29) is 5.82 Å². The van der Waals surface area contributed by atoms with E-state index in [0.29, 0.717) is 12.0 Å². The van der Waals surface area contributed by atoms with Crippen molar-refractivity contribution in [3.05, 3.63) is 35.6 Å². The number of hydrogen-bond acceptors (Lipinski definition) is 1. The zero-order valence-corrected chi connectivity index (χ0v) is 12.6. The molecule has 0 aromatic heterocycles. The van der Waals surface area contributed by atoms with Gasteiger partial charge >= 0.3 is 0 Å². The number of halogens is 1. The summed E-state index contributed by atoms with van der Waals surface area (Å²) in [5.41, 5.74) is 1.10. The van der Waals surface area contributed by atoms with E-state index in [2.05, 4.69) is 26.1 Å². The fraction of sp³-hybridized carbons (Fsp3) is 0.647. The van der Waals surface area contributed by atoms with E-state index in [1.54, 1.807) is 6.07 Å². The molecule has 1 aromatic rings. The van der Waals surface area contributed by atoms with Gasteiger partial charge in [0.2, 0.25) is 0 Å². The normalized spacial score (nSPS) is 12.9. The van der Waals surface area contributed by atoms with Crippen LogP contribution in [-0.4, -0.2) is 12.6 Å². The van der Waals surface area contributed by atoms with E-state index in [4.69, 9.17) is 0 Å². The molecule has 0 radical (unpaired) electrons. The largest absolute Gasteiger partial charge is 0.314 e. The highest BCUT2D eigenvalue weighted by Crippen LogP contribution is 2.21. The van der Waals surface area contributed by atoms with Crippen molar-refractivity contribution in [1.29, 1.82) is 0 Å². The lowest BCUT2D eigenvalue weighted by Crippen LogP contribution is -2.38. The molecule has 0 saturated carbocycles. The molecule has 0 saturated heterocycles. The third kappa shape index (κ3) is 5.73. The van der Waals surface area contributed by atoms with Crippen molar-refractivity contribution >= 4 is 0 Å². The van der Waals surface area contributed by atoms with Crippen LogP contribution in [0.1, 0.15) is 52.0 Å². The van der Waals surface area contributed by atoms with Crippen LogP contribution in [0.2, 0.25) is 0 Å². The van der Waals surface area contributed by atoms with Crippen LogP contribution < -0.4 is 5.32 Å². The Bertz CT molecular complexity index is 345. The molecular weight excluding hydrogens is 237 g/mol. The summed E-state index contributed by atoms with van der Waals surface area (Å²) in [6.45, 7) is 7.61. The Morgan fingerprint density at radius 1 is 1.11 bits per heavy atom. The van der Waals surface area contributed by atoms with Crippen molar-refractivity contribution in [2.45, 2.75) is 58.9 Å². The molecule has 1 unspecified atom stereocenters. The summed E-state index contributed by atoms with van der Waals surface area (Å²) in [5.74, 6) is 0.563. The van der Waals surface area contributed by atoms with Gasteiger partial charge in [-0.05, 0) is 49.4 Å². The number of nitrogens with one attached hydrogen (secondary N) is 1. The first kappa shape index (κ1) is 16.2. The molecule has 0 aliphatic heterocycles. The maximum absolute atomic E-state index is 13.3. The minimum absolute atomic E-state index is 0.129. The van der Waals surface area contributed by atoms with Crippen LogP contribution in [0.25, 0.3) is 0 Å². The topological polar surface area (TPSA) is 12.0 Å². The lowest BCUT2D eigenvalue weighted by molar-refractivity contribution is 0.312. The van der Waals surface area contributed by atoms with E-state index in [0.717, 1.165) is 18.5 Å². The second kappa shape index (κ2) is 9.08. The van der Waals surface area contributed by atoms with Crippen LogP contribution in [-0.2, 0) is 6.42 Å². The van der Waals surface area contributed by atoms with Gasteiger partial charge in [0.15, 0.2) is 0 Å². The Hall–Kier alpha value is -0.890. The summed E-state index contributed by atoms with van der Waals surface area (Å²) in [4.78, 5) is 0. The third-order valence-electron chi connectivity index (χ3n) is 3.70. The monoisotopic (exact) mass is 265 g/mol. The van der Waals surface area contributed by atoms with Gasteiger partial charge in [0.05, 0.1) is 0 Å².